The van der Waals surface area contributed by atoms with E-state index in [1.807, 2.05) is 37.3 Å². The molecular formula is C35H49N7O13. The lowest BCUT2D eigenvalue weighted by Crippen LogP contribution is -2.50. The van der Waals surface area contributed by atoms with Gasteiger partial charge in [-0.1, -0.05) is 63.9 Å². The molecule has 5 amide bonds. The number of urea groups is 1. The molecule has 4 atom stereocenters. The molecule has 1 aliphatic heterocycles. The van der Waals surface area contributed by atoms with E-state index >= 15 is 0 Å². The van der Waals surface area contributed by atoms with Crippen molar-refractivity contribution in [2.24, 2.45) is 23.1 Å². The number of unbranched alkanes of at least 4 members (excludes halogenated alkanes) is 1. The zero-order valence-corrected chi connectivity index (χ0v) is 30.7. The SMILES string of the molecule is CC(C)C(N)C(=O)NC(CCCNC(N)=O)C(=O)O.CCCCC(C(=O)O)N1C(=O)C=CC1=O.NC1([N+](=O)[O-])C=CC(OC(=O)O)=C(Cc2ccccc2)C1. The summed E-state index contributed by atoms with van der Waals surface area (Å²) in [5, 5.41) is 42.4. The number of carbonyl (C=O) groups excluding carboxylic acids is 4. The Morgan fingerprint density at radius 3 is 2.05 bits per heavy atom. The zero-order chi connectivity index (χ0) is 41.9. The number of nitro groups is 1. The van der Waals surface area contributed by atoms with Gasteiger partial charge in [0, 0.05) is 29.7 Å². The minimum atomic E-state index is -1.74. The van der Waals surface area contributed by atoms with Crippen LogP contribution in [-0.4, -0.2) is 97.3 Å². The molecule has 20 heteroatoms. The van der Waals surface area contributed by atoms with E-state index in [4.69, 9.17) is 32.5 Å². The molecule has 1 aliphatic carbocycles. The highest BCUT2D eigenvalue weighted by Crippen LogP contribution is 2.29. The van der Waals surface area contributed by atoms with E-state index in [9.17, 15) is 43.7 Å². The first kappa shape index (κ1) is 46.9. The van der Waals surface area contributed by atoms with Crippen LogP contribution in [0.1, 0.15) is 64.9 Å². The minimum Gasteiger partial charge on any atom is -0.480 e. The molecule has 4 unspecified atom stereocenters. The number of hydrogen-bond acceptors (Lipinski definition) is 12. The Morgan fingerprint density at radius 2 is 1.58 bits per heavy atom. The quantitative estimate of drug-likeness (QED) is 0.0278. The average Bonchev–Trinajstić information content (AvgIpc) is 3.44. The number of nitrogens with zero attached hydrogens (tertiary/aromatic N) is 2. The Labute approximate surface area is 316 Å². The van der Waals surface area contributed by atoms with Crippen molar-refractivity contribution < 1.29 is 58.5 Å². The third-order valence-corrected chi connectivity index (χ3v) is 8.04. The second-order valence-corrected chi connectivity index (χ2v) is 12.7. The molecule has 0 spiro atoms. The normalized spacial score (nSPS) is 17.5. The van der Waals surface area contributed by atoms with Crippen LogP contribution in [0, 0.1) is 16.0 Å². The molecule has 0 aromatic heterocycles. The summed E-state index contributed by atoms with van der Waals surface area (Å²) >= 11 is 0. The molecule has 3 rings (SSSR count). The van der Waals surface area contributed by atoms with Crippen molar-refractivity contribution in [3.8, 4) is 0 Å². The van der Waals surface area contributed by atoms with Crippen molar-refractivity contribution in [2.45, 2.75) is 89.5 Å². The molecule has 20 nitrogen and oxygen atoms in total. The van der Waals surface area contributed by atoms with Gasteiger partial charge in [-0.3, -0.25) is 35.1 Å². The van der Waals surface area contributed by atoms with E-state index in [1.54, 1.807) is 13.8 Å². The smallest absolute Gasteiger partial charge is 0.480 e. The number of ether oxygens (including phenoxy) is 1. The number of carbonyl (C=O) groups is 7. The largest absolute Gasteiger partial charge is 0.511 e. The molecule has 11 N–H and O–H groups in total. The van der Waals surface area contributed by atoms with Gasteiger partial charge in [-0.2, -0.15) is 0 Å². The zero-order valence-electron chi connectivity index (χ0n) is 30.7. The van der Waals surface area contributed by atoms with Gasteiger partial charge in [0.25, 0.3) is 17.5 Å². The number of aliphatic carboxylic acids is 2. The van der Waals surface area contributed by atoms with E-state index in [1.165, 1.54) is 6.08 Å². The number of carboxylic acids is 2. The lowest BCUT2D eigenvalue weighted by atomic mass is 9.90. The van der Waals surface area contributed by atoms with Gasteiger partial charge in [-0.25, -0.2) is 19.2 Å². The summed E-state index contributed by atoms with van der Waals surface area (Å²) in [5.41, 5.74) is 15.8. The average molecular weight is 776 g/mol. The van der Waals surface area contributed by atoms with Crippen LogP contribution in [0.5, 0.6) is 0 Å². The van der Waals surface area contributed by atoms with Crippen LogP contribution in [0.15, 0.2) is 66.0 Å². The molecule has 0 bridgehead atoms. The van der Waals surface area contributed by atoms with Crippen LogP contribution in [0.2, 0.25) is 0 Å². The van der Waals surface area contributed by atoms with Crippen molar-refractivity contribution in [3.63, 3.8) is 0 Å². The molecule has 1 aromatic carbocycles. The van der Waals surface area contributed by atoms with Gasteiger partial charge >= 0.3 is 24.1 Å². The number of allylic oxidation sites excluding steroid dienone is 1. The Hall–Kier alpha value is -6.15. The maximum absolute atomic E-state index is 11.7. The number of nitrogens with one attached hydrogen (secondary N) is 2. The third kappa shape index (κ3) is 16.2. The van der Waals surface area contributed by atoms with Crippen LogP contribution < -0.4 is 27.8 Å². The Bertz CT molecular complexity index is 1630. The van der Waals surface area contributed by atoms with Crippen molar-refractivity contribution in [1.82, 2.24) is 15.5 Å². The Morgan fingerprint density at radius 1 is 0.982 bits per heavy atom. The van der Waals surface area contributed by atoms with E-state index in [0.29, 0.717) is 31.3 Å². The van der Waals surface area contributed by atoms with E-state index < -0.39 is 70.6 Å². The standard InChI is InChI=1S/C14H14N2O5.C11H22N4O4.C10H13NO4/c15-14(16(19)20)7-6-12(21-13(17)18)11(9-14)8-10-4-2-1-3-5-10;1-6(2)8(12)9(16)15-7(10(17)18)4-3-5-14-11(13)19;1-2-3-4-7(10(14)15)11-8(12)5-6-9(11)13/h1-7H,8-9,15H2,(H,17,18);6-8H,3-5,12H2,1-2H3,(H,15,16)(H,17,18)(H3,13,14,19);5-7H,2-4H2,1H3,(H,14,15). The van der Waals surface area contributed by atoms with Crippen LogP contribution in [0.25, 0.3) is 0 Å². The molecule has 0 saturated heterocycles. The molecule has 1 heterocycles. The lowest BCUT2D eigenvalue weighted by Gasteiger charge is -2.23. The number of carboxylic acid groups (broad SMARTS) is 3. The van der Waals surface area contributed by atoms with Gasteiger partial charge in [0.05, 0.1) is 12.5 Å². The van der Waals surface area contributed by atoms with E-state index in [-0.39, 0.29) is 31.1 Å². The number of amides is 5. The van der Waals surface area contributed by atoms with Gasteiger partial charge in [0.15, 0.2) is 0 Å². The summed E-state index contributed by atoms with van der Waals surface area (Å²) in [5.74, 6) is -3.82. The molecule has 0 saturated carbocycles. The predicted octanol–water partition coefficient (Wildman–Crippen LogP) is 1.61. The Balaban J connectivity index is 0.000000419. The molecular weight excluding hydrogens is 726 g/mol. The lowest BCUT2D eigenvalue weighted by molar-refractivity contribution is -0.554. The second-order valence-electron chi connectivity index (χ2n) is 12.7. The van der Waals surface area contributed by atoms with Crippen LogP contribution in [0.3, 0.4) is 0 Å². The first-order valence-electron chi connectivity index (χ1n) is 17.1. The third-order valence-electron chi connectivity index (χ3n) is 8.04. The number of primary amides is 1. The predicted molar refractivity (Wildman–Crippen MR) is 195 cm³/mol. The maximum Gasteiger partial charge on any atom is 0.511 e. The highest BCUT2D eigenvalue weighted by atomic mass is 16.7. The topological polar surface area (TPSA) is 338 Å². The number of hydrogen-bond donors (Lipinski definition) is 8. The summed E-state index contributed by atoms with van der Waals surface area (Å²) in [4.78, 5) is 88.4. The van der Waals surface area contributed by atoms with Crippen molar-refractivity contribution in [2.75, 3.05) is 6.54 Å². The van der Waals surface area contributed by atoms with Gasteiger partial charge in [0.2, 0.25) is 5.91 Å². The van der Waals surface area contributed by atoms with Gasteiger partial charge in [-0.15, -0.1) is 0 Å². The summed E-state index contributed by atoms with van der Waals surface area (Å²) < 4.78 is 4.68. The Kier molecular flexibility index (Phi) is 19.4. The highest BCUT2D eigenvalue weighted by Gasteiger charge is 2.40. The number of nitrogens with two attached hydrogens (primary N) is 3. The maximum atomic E-state index is 11.7. The van der Waals surface area contributed by atoms with Crippen molar-refractivity contribution >= 4 is 41.8 Å². The van der Waals surface area contributed by atoms with Crippen molar-refractivity contribution in [1.29, 1.82) is 0 Å². The van der Waals surface area contributed by atoms with Gasteiger partial charge in [0.1, 0.15) is 17.8 Å². The van der Waals surface area contributed by atoms with E-state index in [2.05, 4.69) is 15.4 Å². The molecule has 1 aromatic rings. The molecule has 55 heavy (non-hydrogen) atoms. The van der Waals surface area contributed by atoms with Gasteiger partial charge in [-0.05, 0) is 48.8 Å². The first-order chi connectivity index (χ1) is 25.7. The summed E-state index contributed by atoms with van der Waals surface area (Å²) in [6.45, 7) is 5.73. The van der Waals surface area contributed by atoms with Crippen LogP contribution >= 0.6 is 0 Å². The highest BCUT2D eigenvalue weighted by molar-refractivity contribution is 6.14. The van der Waals surface area contributed by atoms with Gasteiger partial charge < -0.3 is 42.2 Å². The molecule has 2 aliphatic rings. The fourth-order valence-electron chi connectivity index (χ4n) is 4.97. The number of rotatable bonds is 17. The summed E-state index contributed by atoms with van der Waals surface area (Å²) in [7, 11) is 0. The fourth-order valence-corrected chi connectivity index (χ4v) is 4.97. The van der Waals surface area contributed by atoms with Crippen molar-refractivity contribution in [3.05, 3.63) is 81.6 Å². The number of benzene rings is 1. The molecule has 302 valence electrons. The van der Waals surface area contributed by atoms with Crippen LogP contribution in [0.4, 0.5) is 9.59 Å². The van der Waals surface area contributed by atoms with E-state index in [0.717, 1.165) is 35.1 Å². The minimum absolute atomic E-state index is 0.0778. The molecule has 0 radical (unpaired) electrons. The molecule has 0 fully saturated rings. The monoisotopic (exact) mass is 775 g/mol. The summed E-state index contributed by atoms with van der Waals surface area (Å²) in [6.07, 6.45) is 5.75. The fraction of sp³-hybridized carbons (Fsp3) is 0.457. The second kappa shape index (κ2) is 22.8. The number of imide groups is 1. The summed E-state index contributed by atoms with van der Waals surface area (Å²) in [6, 6.07) is 5.72. The van der Waals surface area contributed by atoms with Crippen LogP contribution in [-0.2, 0) is 35.1 Å². The first-order valence-corrected chi connectivity index (χ1v) is 17.1.